The number of ether oxygens (including phenoxy) is 1. The quantitative estimate of drug-likeness (QED) is 0.622. The van der Waals surface area contributed by atoms with E-state index in [1.165, 1.54) is 6.42 Å². The summed E-state index contributed by atoms with van der Waals surface area (Å²) in [6.45, 7) is 6.98. The lowest BCUT2D eigenvalue weighted by Gasteiger charge is -2.35. The van der Waals surface area contributed by atoms with Crippen LogP contribution in [0.5, 0.6) is 5.75 Å². The number of nitrogens with zero attached hydrogens (tertiary/aromatic N) is 3. The molecule has 34 heavy (non-hydrogen) atoms. The molecule has 0 saturated carbocycles. The predicted molar refractivity (Wildman–Crippen MR) is 135 cm³/mol. The van der Waals surface area contributed by atoms with E-state index >= 15 is 0 Å². The molecule has 3 heterocycles. The van der Waals surface area contributed by atoms with Gasteiger partial charge in [-0.15, -0.1) is 0 Å². The first-order chi connectivity index (χ1) is 16.5. The Bertz CT molecular complexity index is 1090. The van der Waals surface area contributed by atoms with Gasteiger partial charge in [0.25, 0.3) is 0 Å². The van der Waals surface area contributed by atoms with Gasteiger partial charge in [-0.25, -0.2) is 0 Å². The monoisotopic (exact) mass is 461 g/mol. The molecule has 2 aromatic rings. The molecule has 0 radical (unpaired) electrons. The van der Waals surface area contributed by atoms with Crippen LogP contribution in [-0.4, -0.2) is 35.4 Å². The molecule has 3 N–H and O–H groups in total. The van der Waals surface area contributed by atoms with Crippen molar-refractivity contribution in [3.8, 4) is 5.75 Å². The maximum Gasteiger partial charge on any atom is 0.229 e. The summed E-state index contributed by atoms with van der Waals surface area (Å²) in [5, 5.41) is 3.48. The number of hydrogen-bond donors (Lipinski definition) is 2. The van der Waals surface area contributed by atoms with Gasteiger partial charge in [-0.1, -0.05) is 26.0 Å². The van der Waals surface area contributed by atoms with Gasteiger partial charge in [0.05, 0.1) is 6.61 Å². The fraction of sp³-hybridized carbons (Fsp3) is 0.519. The van der Waals surface area contributed by atoms with E-state index in [0.717, 1.165) is 79.2 Å². The van der Waals surface area contributed by atoms with Crippen LogP contribution in [0.25, 0.3) is 0 Å². The SMILES string of the molecule is CC(C)CCOc1ccc([C@H]2C3=C(CCCC3=O)Nc3nc(N4CCCCC4)nc(N)c32)cc1. The van der Waals surface area contributed by atoms with Crippen molar-refractivity contribution < 1.29 is 9.53 Å². The summed E-state index contributed by atoms with van der Waals surface area (Å²) in [7, 11) is 0. The summed E-state index contributed by atoms with van der Waals surface area (Å²) in [5.74, 6) is 3.23. The molecule has 0 spiro atoms. The molecule has 7 nitrogen and oxygen atoms in total. The number of fused-ring (bicyclic) bond motifs is 1. The first-order valence-corrected chi connectivity index (χ1v) is 12.7. The Morgan fingerprint density at radius 3 is 2.59 bits per heavy atom. The summed E-state index contributed by atoms with van der Waals surface area (Å²) in [6, 6.07) is 8.08. The Balaban J connectivity index is 1.51. The van der Waals surface area contributed by atoms with Gasteiger partial charge in [-0.3, -0.25) is 4.79 Å². The molecule has 1 aliphatic carbocycles. The standard InChI is InChI=1S/C27H35N5O2/c1-17(2)13-16-34-19-11-9-18(10-12-19)22-23-20(7-6-8-21(23)33)29-26-24(22)25(28)30-27(31-26)32-14-4-3-5-15-32/h9-12,17,22H,3-8,13-16H2,1-2H3,(H3,28,29,30,31)/t22-/m0/s1. The van der Waals surface area contributed by atoms with E-state index < -0.39 is 0 Å². The first kappa shape index (κ1) is 22.7. The molecule has 1 atom stereocenters. The molecule has 3 aliphatic rings. The summed E-state index contributed by atoms with van der Waals surface area (Å²) < 4.78 is 5.92. The third-order valence-corrected chi connectivity index (χ3v) is 7.08. The minimum absolute atomic E-state index is 0.182. The fourth-order valence-corrected chi connectivity index (χ4v) is 5.21. The Morgan fingerprint density at radius 2 is 1.85 bits per heavy atom. The zero-order valence-corrected chi connectivity index (χ0v) is 20.3. The normalized spacial score (nSPS) is 20.1. The smallest absolute Gasteiger partial charge is 0.229 e. The number of hydrogen-bond acceptors (Lipinski definition) is 7. The van der Waals surface area contributed by atoms with Crippen molar-refractivity contribution in [1.82, 2.24) is 9.97 Å². The third kappa shape index (κ3) is 4.48. The van der Waals surface area contributed by atoms with Gasteiger partial charge in [-0.05, 0) is 62.1 Å². The average molecular weight is 462 g/mol. The fourth-order valence-electron chi connectivity index (χ4n) is 5.21. The molecule has 2 aliphatic heterocycles. The van der Waals surface area contributed by atoms with Gasteiger partial charge >= 0.3 is 0 Å². The molecule has 0 amide bonds. The largest absolute Gasteiger partial charge is 0.494 e. The maximum absolute atomic E-state index is 13.1. The van der Waals surface area contributed by atoms with E-state index in [1.54, 1.807) is 0 Å². The second-order valence-corrected chi connectivity index (χ2v) is 10.0. The molecule has 1 aromatic heterocycles. The minimum atomic E-state index is -0.265. The van der Waals surface area contributed by atoms with Crippen molar-refractivity contribution in [3.05, 3.63) is 46.7 Å². The Labute approximate surface area is 201 Å². The number of nitrogens with one attached hydrogen (secondary N) is 1. The van der Waals surface area contributed by atoms with Crippen LogP contribution in [-0.2, 0) is 4.79 Å². The second-order valence-electron chi connectivity index (χ2n) is 10.0. The third-order valence-electron chi connectivity index (χ3n) is 7.08. The molecule has 1 saturated heterocycles. The van der Waals surface area contributed by atoms with Crippen molar-refractivity contribution >= 4 is 23.4 Å². The van der Waals surface area contributed by atoms with Crippen LogP contribution in [0.1, 0.15) is 75.8 Å². The van der Waals surface area contributed by atoms with E-state index in [-0.39, 0.29) is 11.7 Å². The highest BCUT2D eigenvalue weighted by atomic mass is 16.5. The number of benzene rings is 1. The maximum atomic E-state index is 13.1. The lowest BCUT2D eigenvalue weighted by molar-refractivity contribution is -0.116. The van der Waals surface area contributed by atoms with Crippen molar-refractivity contribution in [2.24, 2.45) is 5.92 Å². The Hall–Kier alpha value is -3.09. The first-order valence-electron chi connectivity index (χ1n) is 12.7. The Morgan fingerprint density at radius 1 is 1.09 bits per heavy atom. The van der Waals surface area contributed by atoms with Gasteiger partial charge in [0.1, 0.15) is 17.4 Å². The minimum Gasteiger partial charge on any atom is -0.494 e. The van der Waals surface area contributed by atoms with Crippen LogP contribution in [0.2, 0.25) is 0 Å². The van der Waals surface area contributed by atoms with E-state index in [1.807, 2.05) is 12.1 Å². The number of rotatable bonds is 6. The van der Waals surface area contributed by atoms with Crippen LogP contribution in [0.3, 0.4) is 0 Å². The van der Waals surface area contributed by atoms with Crippen molar-refractivity contribution in [2.75, 3.05) is 35.6 Å². The molecule has 180 valence electrons. The molecular formula is C27H35N5O2. The van der Waals surface area contributed by atoms with Crippen molar-refractivity contribution in [1.29, 1.82) is 0 Å². The van der Waals surface area contributed by atoms with Crippen LogP contribution in [0, 0.1) is 5.92 Å². The number of nitrogen functional groups attached to an aromatic ring is 1. The van der Waals surface area contributed by atoms with Gasteiger partial charge in [-0.2, -0.15) is 9.97 Å². The van der Waals surface area contributed by atoms with Gasteiger partial charge in [0, 0.05) is 42.3 Å². The number of nitrogens with two attached hydrogens (primary N) is 1. The molecule has 0 bridgehead atoms. The highest BCUT2D eigenvalue weighted by Gasteiger charge is 2.38. The van der Waals surface area contributed by atoms with Crippen molar-refractivity contribution in [2.45, 2.75) is 64.7 Å². The number of ketones is 1. The van der Waals surface area contributed by atoms with Crippen molar-refractivity contribution in [3.63, 3.8) is 0 Å². The van der Waals surface area contributed by atoms with Gasteiger partial charge < -0.3 is 20.7 Å². The number of carbonyl (C=O) groups excluding carboxylic acids is 1. The zero-order valence-electron chi connectivity index (χ0n) is 20.3. The zero-order chi connectivity index (χ0) is 23.7. The molecule has 0 unspecified atom stereocenters. The number of Topliss-reactive ketones (excluding diaryl/α,β-unsaturated/α-hetero) is 1. The Kier molecular flexibility index (Phi) is 6.44. The topological polar surface area (TPSA) is 93.4 Å². The number of aromatic nitrogens is 2. The van der Waals surface area contributed by atoms with Crippen LogP contribution >= 0.6 is 0 Å². The van der Waals surface area contributed by atoms with Gasteiger partial charge in [0.15, 0.2) is 5.78 Å². The van der Waals surface area contributed by atoms with E-state index in [9.17, 15) is 4.79 Å². The van der Waals surface area contributed by atoms with E-state index in [4.69, 9.17) is 20.4 Å². The number of piperidine rings is 1. The lowest BCUT2D eigenvalue weighted by Crippen LogP contribution is -2.33. The summed E-state index contributed by atoms with van der Waals surface area (Å²) in [6.07, 6.45) is 6.81. The average Bonchev–Trinajstić information content (AvgIpc) is 2.84. The number of allylic oxidation sites excluding steroid dienone is 2. The summed E-state index contributed by atoms with van der Waals surface area (Å²) >= 11 is 0. The molecular weight excluding hydrogens is 426 g/mol. The summed E-state index contributed by atoms with van der Waals surface area (Å²) in [4.78, 5) is 25.0. The summed E-state index contributed by atoms with van der Waals surface area (Å²) in [5.41, 5.74) is 10.2. The van der Waals surface area contributed by atoms with Crippen LogP contribution in [0.4, 0.5) is 17.6 Å². The number of anilines is 3. The highest BCUT2D eigenvalue weighted by molar-refractivity contribution is 6.01. The molecule has 7 heteroatoms. The molecule has 1 aromatic carbocycles. The van der Waals surface area contributed by atoms with E-state index in [2.05, 4.69) is 36.2 Å². The lowest BCUT2D eigenvalue weighted by atomic mass is 9.76. The van der Waals surface area contributed by atoms with Crippen LogP contribution < -0.4 is 20.7 Å². The van der Waals surface area contributed by atoms with Gasteiger partial charge in [0.2, 0.25) is 5.95 Å². The predicted octanol–water partition coefficient (Wildman–Crippen LogP) is 5.04. The molecule has 5 rings (SSSR count). The number of carbonyl (C=O) groups is 1. The van der Waals surface area contributed by atoms with Crippen LogP contribution in [0.15, 0.2) is 35.5 Å². The second kappa shape index (κ2) is 9.65. The van der Waals surface area contributed by atoms with E-state index in [0.29, 0.717) is 30.7 Å². The highest BCUT2D eigenvalue weighted by Crippen LogP contribution is 2.47. The molecule has 1 fully saturated rings.